The molecule has 1 saturated heterocycles. The van der Waals surface area contributed by atoms with Crippen molar-refractivity contribution in [3.8, 4) is 11.3 Å². The number of primary amides is 1. The molecular formula is C24H29N3O3. The Hall–Kier alpha value is -2.73. The van der Waals surface area contributed by atoms with Gasteiger partial charge in [-0.15, -0.1) is 0 Å². The first-order chi connectivity index (χ1) is 14.6. The van der Waals surface area contributed by atoms with Crippen molar-refractivity contribution in [2.75, 3.05) is 19.7 Å². The number of ether oxygens (including phenoxy) is 1. The number of carbonyl (C=O) groups is 2. The van der Waals surface area contributed by atoms with Crippen LogP contribution in [0.3, 0.4) is 0 Å². The third-order valence-corrected chi connectivity index (χ3v) is 6.23. The molecule has 1 saturated carbocycles. The topological polar surface area (TPSA) is 85.5 Å². The van der Waals surface area contributed by atoms with Gasteiger partial charge in [0.05, 0.1) is 24.5 Å². The van der Waals surface area contributed by atoms with Crippen molar-refractivity contribution in [2.24, 2.45) is 11.7 Å². The second-order valence-electron chi connectivity index (χ2n) is 8.28. The first-order valence-electron chi connectivity index (χ1n) is 10.9. The van der Waals surface area contributed by atoms with Crippen molar-refractivity contribution >= 4 is 11.8 Å². The van der Waals surface area contributed by atoms with Crippen LogP contribution >= 0.6 is 0 Å². The number of nitrogens with two attached hydrogens (primary N) is 1. The van der Waals surface area contributed by atoms with Gasteiger partial charge in [0, 0.05) is 24.1 Å². The molecule has 158 valence electrons. The SMILES string of the molecule is NC(=O)c1ccc(-c2cccc(C3CN(C(=O)CCC4CCCC4)CCO3)n2)cc1. The van der Waals surface area contributed by atoms with E-state index in [-0.39, 0.29) is 12.0 Å². The van der Waals surface area contributed by atoms with E-state index >= 15 is 0 Å². The fourth-order valence-electron chi connectivity index (χ4n) is 4.44. The fourth-order valence-corrected chi connectivity index (χ4v) is 4.44. The maximum Gasteiger partial charge on any atom is 0.248 e. The molecule has 1 aliphatic carbocycles. The van der Waals surface area contributed by atoms with Crippen LogP contribution in [0.1, 0.15) is 60.7 Å². The minimum Gasteiger partial charge on any atom is -0.368 e. The Kier molecular flexibility index (Phi) is 6.43. The van der Waals surface area contributed by atoms with Crippen molar-refractivity contribution < 1.29 is 14.3 Å². The lowest BCUT2D eigenvalue weighted by Gasteiger charge is -2.33. The van der Waals surface area contributed by atoms with Crippen LogP contribution in [0.2, 0.25) is 0 Å². The van der Waals surface area contributed by atoms with Crippen molar-refractivity contribution in [3.05, 3.63) is 53.7 Å². The van der Waals surface area contributed by atoms with Crippen molar-refractivity contribution in [1.29, 1.82) is 0 Å². The molecule has 2 heterocycles. The molecule has 1 aromatic carbocycles. The molecule has 0 bridgehead atoms. The van der Waals surface area contributed by atoms with E-state index in [1.165, 1.54) is 25.7 Å². The van der Waals surface area contributed by atoms with E-state index in [1.807, 2.05) is 35.2 Å². The van der Waals surface area contributed by atoms with Crippen LogP contribution in [0, 0.1) is 5.92 Å². The molecule has 1 aromatic heterocycles. The zero-order chi connectivity index (χ0) is 20.9. The molecule has 2 amide bonds. The quantitative estimate of drug-likeness (QED) is 0.791. The van der Waals surface area contributed by atoms with E-state index in [2.05, 4.69) is 0 Å². The lowest BCUT2D eigenvalue weighted by molar-refractivity contribution is -0.139. The number of benzene rings is 1. The van der Waals surface area contributed by atoms with Gasteiger partial charge in [0.1, 0.15) is 6.10 Å². The van der Waals surface area contributed by atoms with E-state index in [1.54, 1.807) is 12.1 Å². The number of aromatic nitrogens is 1. The average molecular weight is 408 g/mol. The molecule has 1 atom stereocenters. The lowest BCUT2D eigenvalue weighted by Crippen LogP contribution is -2.42. The molecule has 1 unspecified atom stereocenters. The van der Waals surface area contributed by atoms with Crippen LogP contribution in [0.4, 0.5) is 0 Å². The van der Waals surface area contributed by atoms with E-state index < -0.39 is 5.91 Å². The lowest BCUT2D eigenvalue weighted by atomic mass is 10.0. The Morgan fingerprint density at radius 3 is 2.60 bits per heavy atom. The monoisotopic (exact) mass is 407 g/mol. The average Bonchev–Trinajstić information content (AvgIpc) is 3.31. The Labute approximate surface area is 177 Å². The number of hydrogen-bond donors (Lipinski definition) is 1. The van der Waals surface area contributed by atoms with Crippen LogP contribution in [-0.4, -0.2) is 41.4 Å². The number of nitrogens with zero attached hydrogens (tertiary/aromatic N) is 2. The molecule has 2 N–H and O–H groups in total. The second kappa shape index (κ2) is 9.39. The summed E-state index contributed by atoms with van der Waals surface area (Å²) in [6, 6.07) is 12.9. The Morgan fingerprint density at radius 1 is 1.10 bits per heavy atom. The van der Waals surface area contributed by atoms with Gasteiger partial charge in [-0.2, -0.15) is 0 Å². The van der Waals surface area contributed by atoms with Crippen LogP contribution in [0.5, 0.6) is 0 Å². The summed E-state index contributed by atoms with van der Waals surface area (Å²) in [6.07, 6.45) is 6.59. The van der Waals surface area contributed by atoms with Gasteiger partial charge >= 0.3 is 0 Å². The molecule has 0 radical (unpaired) electrons. The highest BCUT2D eigenvalue weighted by Crippen LogP contribution is 2.29. The summed E-state index contributed by atoms with van der Waals surface area (Å²) >= 11 is 0. The molecule has 1 aliphatic heterocycles. The van der Waals surface area contributed by atoms with E-state index in [0.717, 1.165) is 29.3 Å². The molecule has 2 fully saturated rings. The number of pyridine rings is 1. The van der Waals surface area contributed by atoms with Crippen LogP contribution in [0.15, 0.2) is 42.5 Å². The normalized spacial score (nSPS) is 19.7. The summed E-state index contributed by atoms with van der Waals surface area (Å²) in [4.78, 5) is 30.7. The van der Waals surface area contributed by atoms with Crippen molar-refractivity contribution in [1.82, 2.24) is 9.88 Å². The summed E-state index contributed by atoms with van der Waals surface area (Å²) < 4.78 is 5.95. The fraction of sp³-hybridized carbons (Fsp3) is 0.458. The van der Waals surface area contributed by atoms with Gasteiger partial charge in [0.15, 0.2) is 0 Å². The van der Waals surface area contributed by atoms with Gasteiger partial charge in [-0.3, -0.25) is 9.59 Å². The minimum absolute atomic E-state index is 0.223. The predicted molar refractivity (Wildman–Crippen MR) is 115 cm³/mol. The van der Waals surface area contributed by atoms with Crippen molar-refractivity contribution in [3.63, 3.8) is 0 Å². The predicted octanol–water partition coefficient (Wildman–Crippen LogP) is 3.72. The minimum atomic E-state index is -0.448. The third kappa shape index (κ3) is 4.87. The van der Waals surface area contributed by atoms with E-state index in [0.29, 0.717) is 31.7 Å². The standard InChI is InChI=1S/C24H29N3O3/c25-24(29)19-11-9-18(10-12-19)20-6-3-7-21(26-20)22-16-27(14-15-30-22)23(28)13-8-17-4-1-2-5-17/h3,6-7,9-12,17,22H,1-2,4-5,8,13-16H2,(H2,25,29). The van der Waals surface area contributed by atoms with Gasteiger partial charge in [-0.25, -0.2) is 4.98 Å². The van der Waals surface area contributed by atoms with Gasteiger partial charge in [0.25, 0.3) is 0 Å². The largest absolute Gasteiger partial charge is 0.368 e. The molecule has 6 nitrogen and oxygen atoms in total. The van der Waals surface area contributed by atoms with Gasteiger partial charge in [-0.1, -0.05) is 43.9 Å². The van der Waals surface area contributed by atoms with Gasteiger partial charge < -0.3 is 15.4 Å². The summed E-state index contributed by atoms with van der Waals surface area (Å²) in [5, 5.41) is 0. The van der Waals surface area contributed by atoms with E-state index in [9.17, 15) is 9.59 Å². The summed E-state index contributed by atoms with van der Waals surface area (Å²) in [5.74, 6) is 0.509. The number of amides is 2. The van der Waals surface area contributed by atoms with Gasteiger partial charge in [-0.05, 0) is 36.6 Å². The Morgan fingerprint density at radius 2 is 1.87 bits per heavy atom. The molecule has 6 heteroatoms. The molecule has 0 spiro atoms. The summed E-state index contributed by atoms with van der Waals surface area (Å²) in [7, 11) is 0. The first-order valence-corrected chi connectivity index (χ1v) is 10.9. The van der Waals surface area contributed by atoms with Crippen molar-refractivity contribution in [2.45, 2.75) is 44.6 Å². The third-order valence-electron chi connectivity index (χ3n) is 6.23. The Balaban J connectivity index is 1.41. The van der Waals surface area contributed by atoms with Crippen LogP contribution < -0.4 is 5.73 Å². The number of carbonyl (C=O) groups excluding carboxylic acids is 2. The highest BCUT2D eigenvalue weighted by molar-refractivity contribution is 5.93. The second-order valence-corrected chi connectivity index (χ2v) is 8.28. The zero-order valence-electron chi connectivity index (χ0n) is 17.3. The van der Waals surface area contributed by atoms with E-state index in [4.69, 9.17) is 15.5 Å². The maximum absolute atomic E-state index is 12.7. The smallest absolute Gasteiger partial charge is 0.248 e. The molecule has 2 aromatic rings. The zero-order valence-corrected chi connectivity index (χ0v) is 17.3. The summed E-state index contributed by atoms with van der Waals surface area (Å²) in [6.45, 7) is 1.72. The van der Waals surface area contributed by atoms with Crippen LogP contribution in [-0.2, 0) is 9.53 Å². The number of rotatable bonds is 6. The molecule has 2 aliphatic rings. The van der Waals surface area contributed by atoms with Crippen LogP contribution in [0.25, 0.3) is 11.3 Å². The number of morpholine rings is 1. The Bertz CT molecular complexity index is 891. The first kappa shape index (κ1) is 20.5. The molecule has 4 rings (SSSR count). The molecular weight excluding hydrogens is 378 g/mol. The molecule has 30 heavy (non-hydrogen) atoms. The highest BCUT2D eigenvalue weighted by Gasteiger charge is 2.27. The van der Waals surface area contributed by atoms with Gasteiger partial charge in [0.2, 0.25) is 11.8 Å². The highest BCUT2D eigenvalue weighted by atomic mass is 16.5. The maximum atomic E-state index is 12.7. The number of hydrogen-bond acceptors (Lipinski definition) is 4. The summed E-state index contributed by atoms with van der Waals surface area (Å²) in [5.41, 5.74) is 8.31.